The number of amides is 1. The normalized spacial score (nSPS) is 14.9. The minimum Gasteiger partial charge on any atom is -0.379 e. The number of aryl methyl sites for hydroxylation is 1. The number of fused-ring (bicyclic) bond motifs is 2. The molecule has 1 saturated heterocycles. The second-order valence-electron chi connectivity index (χ2n) is 9.12. The molecule has 4 heterocycles. The van der Waals surface area contributed by atoms with Crippen LogP contribution in [-0.2, 0) is 40.0 Å². The minimum absolute atomic E-state index is 0.100. The molecule has 3 aromatic heterocycles. The number of thiazole rings is 1. The number of para-hydroxylation sites is 1. The number of carbonyl (C=O) groups excluding carboxylic acids is 1. The fraction of sp³-hybridized carbons (Fsp3) is 0.435. The van der Waals surface area contributed by atoms with E-state index in [0.717, 1.165) is 23.9 Å². The van der Waals surface area contributed by atoms with E-state index in [1.807, 2.05) is 0 Å². The predicted octanol–water partition coefficient (Wildman–Crippen LogP) is -0.188. The Morgan fingerprint density at radius 2 is 1.89 bits per heavy atom. The van der Waals surface area contributed by atoms with Crippen molar-refractivity contribution in [2.24, 2.45) is 14.1 Å². The van der Waals surface area contributed by atoms with Crippen LogP contribution in [0.1, 0.15) is 0 Å². The Kier molecular flexibility index (Phi) is 6.94. The van der Waals surface area contributed by atoms with E-state index in [2.05, 4.69) is 14.9 Å². The number of benzene rings is 1. The van der Waals surface area contributed by atoms with Gasteiger partial charge in [0.15, 0.2) is 26.1 Å². The lowest BCUT2D eigenvalue weighted by Crippen LogP contribution is -2.44. The number of rotatable bonds is 7. The smallest absolute Gasteiger partial charge is 0.332 e. The molecule has 4 aromatic rings. The van der Waals surface area contributed by atoms with E-state index in [-0.39, 0.29) is 28.5 Å². The average Bonchev–Trinajstić information content (AvgIpc) is 3.50. The Morgan fingerprint density at radius 3 is 2.61 bits per heavy atom. The van der Waals surface area contributed by atoms with Crippen LogP contribution in [0.25, 0.3) is 21.4 Å². The fourth-order valence-electron chi connectivity index (χ4n) is 4.47. The van der Waals surface area contributed by atoms with Gasteiger partial charge in [-0.1, -0.05) is 17.4 Å². The van der Waals surface area contributed by atoms with E-state index in [0.29, 0.717) is 41.7 Å². The van der Waals surface area contributed by atoms with E-state index in [4.69, 9.17) is 4.74 Å². The molecule has 202 valence electrons. The molecule has 0 bridgehead atoms. The van der Waals surface area contributed by atoms with E-state index >= 15 is 0 Å². The molecule has 1 aromatic carbocycles. The molecule has 13 nitrogen and oxygen atoms in total. The van der Waals surface area contributed by atoms with Gasteiger partial charge >= 0.3 is 5.69 Å². The summed E-state index contributed by atoms with van der Waals surface area (Å²) >= 11 is 1.23. The molecule has 1 aliphatic rings. The largest absolute Gasteiger partial charge is 0.379 e. The molecule has 0 unspecified atom stereocenters. The summed E-state index contributed by atoms with van der Waals surface area (Å²) in [6.45, 7) is 3.32. The third-order valence-electron chi connectivity index (χ3n) is 6.57. The van der Waals surface area contributed by atoms with Gasteiger partial charge in [0.25, 0.3) is 5.56 Å². The molecule has 1 amide bonds. The van der Waals surface area contributed by atoms with Crippen LogP contribution < -0.4 is 16.1 Å². The molecule has 0 aliphatic carbocycles. The summed E-state index contributed by atoms with van der Waals surface area (Å²) < 4.78 is 34.4. The lowest BCUT2D eigenvalue weighted by atomic mass is 10.3. The highest BCUT2D eigenvalue weighted by molar-refractivity contribution is 7.91. The van der Waals surface area contributed by atoms with Crippen molar-refractivity contribution in [2.45, 2.75) is 11.4 Å². The highest BCUT2D eigenvalue weighted by Gasteiger charge is 2.25. The maximum absolute atomic E-state index is 13.7. The van der Waals surface area contributed by atoms with Gasteiger partial charge in [-0.3, -0.25) is 28.5 Å². The minimum atomic E-state index is -3.53. The number of hydrogen-bond acceptors (Lipinski definition) is 10. The SMILES string of the molecule is Cn1c(=O)c2c(ncn2CC(=O)N(CCN2CCOCC2)c2nc3c(S(C)(=O)=O)cccc3s2)n(C)c1=O. The van der Waals surface area contributed by atoms with Crippen molar-refractivity contribution in [1.29, 1.82) is 0 Å². The standard InChI is InChI=1S/C23H27N7O6S2/c1-26-20-19(21(32)27(2)23(26)33)29(14-24-20)13-17(31)30(8-7-28-9-11-36-12-10-28)22-25-18-15(37-22)5-4-6-16(18)38(3,34)35/h4-6,14H,7-13H2,1-3H3. The zero-order valence-corrected chi connectivity index (χ0v) is 22.8. The summed E-state index contributed by atoms with van der Waals surface area (Å²) in [6, 6.07) is 4.92. The summed E-state index contributed by atoms with van der Waals surface area (Å²) in [6.07, 6.45) is 2.49. The van der Waals surface area contributed by atoms with Crippen molar-refractivity contribution < 1.29 is 17.9 Å². The van der Waals surface area contributed by atoms with Gasteiger partial charge in [0.1, 0.15) is 12.1 Å². The Labute approximate surface area is 221 Å². The molecule has 0 spiro atoms. The molecule has 1 aliphatic heterocycles. The summed E-state index contributed by atoms with van der Waals surface area (Å²) in [4.78, 5) is 51.5. The van der Waals surface area contributed by atoms with Gasteiger partial charge in [-0.15, -0.1) is 0 Å². The lowest BCUT2D eigenvalue weighted by molar-refractivity contribution is -0.119. The van der Waals surface area contributed by atoms with Crippen LogP contribution in [0.5, 0.6) is 0 Å². The average molecular weight is 562 g/mol. The van der Waals surface area contributed by atoms with E-state index in [1.54, 1.807) is 12.1 Å². The van der Waals surface area contributed by atoms with Crippen LogP contribution in [0.2, 0.25) is 0 Å². The van der Waals surface area contributed by atoms with Crippen LogP contribution in [0, 0.1) is 0 Å². The second kappa shape index (κ2) is 10.1. The van der Waals surface area contributed by atoms with Gasteiger partial charge in [-0.2, -0.15) is 0 Å². The third-order valence-corrected chi connectivity index (χ3v) is 8.74. The molecular weight excluding hydrogens is 534 g/mol. The zero-order valence-electron chi connectivity index (χ0n) is 21.2. The van der Waals surface area contributed by atoms with Crippen molar-refractivity contribution in [3.05, 3.63) is 45.4 Å². The van der Waals surface area contributed by atoms with Crippen LogP contribution in [0.15, 0.2) is 39.0 Å². The number of sulfone groups is 1. The molecule has 1 fully saturated rings. The highest BCUT2D eigenvalue weighted by Crippen LogP contribution is 2.33. The first-order chi connectivity index (χ1) is 18.1. The molecule has 15 heteroatoms. The van der Waals surface area contributed by atoms with Crippen molar-refractivity contribution in [2.75, 3.05) is 50.5 Å². The number of ether oxygens (including phenoxy) is 1. The van der Waals surface area contributed by atoms with Crippen LogP contribution in [0.3, 0.4) is 0 Å². The maximum Gasteiger partial charge on any atom is 0.332 e. The van der Waals surface area contributed by atoms with Crippen molar-refractivity contribution in [3.63, 3.8) is 0 Å². The number of imidazole rings is 1. The van der Waals surface area contributed by atoms with Crippen molar-refractivity contribution in [1.82, 2.24) is 28.6 Å². The molecule has 0 saturated carbocycles. The number of carbonyl (C=O) groups is 1. The van der Waals surface area contributed by atoms with E-state index in [1.165, 1.54) is 51.9 Å². The first kappa shape index (κ1) is 26.2. The number of hydrogen-bond donors (Lipinski definition) is 0. The first-order valence-electron chi connectivity index (χ1n) is 11.9. The number of anilines is 1. The summed E-state index contributed by atoms with van der Waals surface area (Å²) in [7, 11) is -0.646. The van der Waals surface area contributed by atoms with Gasteiger partial charge in [-0.05, 0) is 12.1 Å². The number of aromatic nitrogens is 5. The first-order valence-corrected chi connectivity index (χ1v) is 14.6. The second-order valence-corrected chi connectivity index (χ2v) is 12.1. The van der Waals surface area contributed by atoms with Crippen molar-refractivity contribution >= 4 is 53.6 Å². The molecule has 0 N–H and O–H groups in total. The van der Waals surface area contributed by atoms with Gasteiger partial charge in [0.05, 0.1) is 29.1 Å². The fourth-order valence-corrected chi connectivity index (χ4v) is 6.40. The van der Waals surface area contributed by atoms with Crippen LogP contribution in [0.4, 0.5) is 5.13 Å². The molecule has 0 radical (unpaired) electrons. The zero-order chi connectivity index (χ0) is 27.2. The lowest BCUT2D eigenvalue weighted by Gasteiger charge is -2.29. The van der Waals surface area contributed by atoms with Crippen molar-refractivity contribution in [3.8, 4) is 0 Å². The van der Waals surface area contributed by atoms with E-state index in [9.17, 15) is 22.8 Å². The van der Waals surface area contributed by atoms with Gasteiger partial charge in [0.2, 0.25) is 5.91 Å². The van der Waals surface area contributed by atoms with Gasteiger partial charge in [0, 0.05) is 46.5 Å². The summed E-state index contributed by atoms with van der Waals surface area (Å²) in [5, 5.41) is 0.360. The monoisotopic (exact) mass is 561 g/mol. The third kappa shape index (κ3) is 4.77. The molecule has 38 heavy (non-hydrogen) atoms. The van der Waals surface area contributed by atoms with Crippen LogP contribution >= 0.6 is 11.3 Å². The Hall–Kier alpha value is -3.40. The number of morpholine rings is 1. The van der Waals surface area contributed by atoms with E-state index < -0.39 is 21.1 Å². The summed E-state index contributed by atoms with van der Waals surface area (Å²) in [5.74, 6) is -0.353. The Morgan fingerprint density at radius 1 is 1.16 bits per heavy atom. The Balaban J connectivity index is 1.53. The molecule has 5 rings (SSSR count). The number of nitrogens with zero attached hydrogens (tertiary/aromatic N) is 7. The molecular formula is C23H27N7O6S2. The van der Waals surface area contributed by atoms with Gasteiger partial charge < -0.3 is 9.30 Å². The topological polar surface area (TPSA) is 142 Å². The van der Waals surface area contributed by atoms with Gasteiger partial charge in [-0.25, -0.2) is 23.2 Å². The summed E-state index contributed by atoms with van der Waals surface area (Å²) in [5.41, 5.74) is -0.423. The highest BCUT2D eigenvalue weighted by atomic mass is 32.2. The maximum atomic E-state index is 13.7. The quantitative estimate of drug-likeness (QED) is 0.300. The predicted molar refractivity (Wildman–Crippen MR) is 143 cm³/mol. The van der Waals surface area contributed by atoms with Crippen LogP contribution in [-0.4, -0.2) is 88.5 Å². The molecule has 0 atom stereocenters. The Bertz CT molecular complexity index is 1760.